The van der Waals surface area contributed by atoms with Crippen molar-refractivity contribution in [1.29, 1.82) is 0 Å². The molecule has 0 aliphatic rings. The Balaban J connectivity index is 2.67. The summed E-state index contributed by atoms with van der Waals surface area (Å²) in [6.45, 7) is 0. The van der Waals surface area contributed by atoms with Gasteiger partial charge < -0.3 is 0 Å². The molecule has 0 aliphatic carbocycles. The Labute approximate surface area is 75.2 Å². The average Bonchev–Trinajstić information content (AvgIpc) is 1.88. The van der Waals surface area contributed by atoms with Gasteiger partial charge in [0.2, 0.25) is 0 Å². The monoisotopic (exact) mass is 323 g/mol. The first-order valence-corrected chi connectivity index (χ1v) is 5.63. The second-order valence-electron chi connectivity index (χ2n) is 1.79. The zero-order valence-electron chi connectivity index (χ0n) is 5.41. The molecule has 0 amide bonds. The number of carbonyl (C=O) groups is 1. The molecule has 1 aromatic carbocycles. The van der Waals surface area contributed by atoms with E-state index in [1.165, 1.54) is 0 Å². The number of hydrogen-bond acceptors (Lipinski definition) is 2. The van der Waals surface area contributed by atoms with Gasteiger partial charge in [0.1, 0.15) is 0 Å². The number of carbonyl (C=O) groups excluding carboxylic acids is 1. The molecule has 3 heteroatoms. The average molecular weight is 322 g/mol. The molecule has 0 unspecified atom stereocenters. The fourth-order valence-electron chi connectivity index (χ4n) is 0.620. The zero-order chi connectivity index (χ0) is 7.40. The topological polar surface area (TPSA) is 26.3 Å². The van der Waals surface area contributed by atoms with E-state index in [-0.39, 0.29) is 29.6 Å². The van der Waals surface area contributed by atoms with Crippen molar-refractivity contribution in [3.8, 4) is 5.75 Å². The molecule has 1 rings (SSSR count). The predicted molar refractivity (Wildman–Crippen MR) is 32.5 cm³/mol. The summed E-state index contributed by atoms with van der Waals surface area (Å²) >= 11 is 0.0670. The van der Waals surface area contributed by atoms with Gasteiger partial charge in [-0.1, -0.05) is 0 Å². The van der Waals surface area contributed by atoms with Crippen molar-refractivity contribution in [1.82, 2.24) is 0 Å². The van der Waals surface area contributed by atoms with Crippen molar-refractivity contribution < 1.29 is 35.7 Å². The summed E-state index contributed by atoms with van der Waals surface area (Å²) < 4.78 is 4.77. The summed E-state index contributed by atoms with van der Waals surface area (Å²) in [5, 5.41) is 0. The molecule has 2 nitrogen and oxygen atoms in total. The minimum atomic E-state index is -0.0915. The van der Waals surface area contributed by atoms with Crippen LogP contribution in [-0.2, 0) is 26.1 Å². The van der Waals surface area contributed by atoms with Crippen LogP contribution in [0.5, 0.6) is 5.75 Å². The second kappa shape index (κ2) is 3.71. The van der Waals surface area contributed by atoms with Crippen LogP contribution in [0.1, 0.15) is 0 Å². The van der Waals surface area contributed by atoms with Crippen LogP contribution in [0.4, 0.5) is 4.79 Å². The van der Waals surface area contributed by atoms with E-state index >= 15 is 0 Å². The second-order valence-corrected chi connectivity index (χ2v) is 4.03. The van der Waals surface area contributed by atoms with Crippen LogP contribution in [0.2, 0.25) is 0 Å². The van der Waals surface area contributed by atoms with E-state index in [0.29, 0.717) is 5.75 Å². The third-order valence-electron chi connectivity index (χ3n) is 0.975. The molecule has 0 aliphatic heterocycles. The van der Waals surface area contributed by atoms with Crippen molar-refractivity contribution in [3.05, 3.63) is 30.3 Å². The summed E-state index contributed by atoms with van der Waals surface area (Å²) in [7, 11) is 0. The molecule has 10 heavy (non-hydrogen) atoms. The quantitative estimate of drug-likeness (QED) is 0.737. The Bertz CT molecular complexity index is 220. The number of rotatable bonds is 1. The molecule has 0 radical (unpaired) electrons. The molecule has 0 saturated carbocycles. The van der Waals surface area contributed by atoms with Gasteiger partial charge in [0.25, 0.3) is 0 Å². The van der Waals surface area contributed by atoms with Crippen LogP contribution < -0.4 is 4.74 Å². The third kappa shape index (κ3) is 2.48. The van der Waals surface area contributed by atoms with Crippen LogP contribution in [0.3, 0.4) is 0 Å². The van der Waals surface area contributed by atoms with Gasteiger partial charge in [-0.2, -0.15) is 0 Å². The number of ether oxygens (including phenoxy) is 1. The Morgan fingerprint density at radius 1 is 1.30 bits per heavy atom. The summed E-state index contributed by atoms with van der Waals surface area (Å²) in [6, 6.07) is 9.10. The van der Waals surface area contributed by atoms with Crippen molar-refractivity contribution in [3.63, 3.8) is 0 Å². The van der Waals surface area contributed by atoms with E-state index in [2.05, 4.69) is 0 Å². The molecule has 0 N–H and O–H groups in total. The van der Waals surface area contributed by atoms with E-state index in [1.807, 2.05) is 18.2 Å². The van der Waals surface area contributed by atoms with Crippen LogP contribution in [0, 0.1) is 0 Å². The zero-order valence-corrected chi connectivity index (χ0v) is 10.9. The normalized spacial score (nSPS) is 9.00. The van der Waals surface area contributed by atoms with Gasteiger partial charge in [-0.15, -0.1) is 0 Å². The molecule has 0 heterocycles. The molecule has 0 fully saturated rings. The van der Waals surface area contributed by atoms with Crippen molar-refractivity contribution in [2.24, 2.45) is 0 Å². The van der Waals surface area contributed by atoms with Crippen LogP contribution in [0.15, 0.2) is 30.3 Å². The van der Waals surface area contributed by atoms with Crippen molar-refractivity contribution in [2.75, 3.05) is 0 Å². The first-order chi connectivity index (χ1) is 4.79. The molecule has 0 atom stereocenters. The first-order valence-electron chi connectivity index (χ1n) is 2.88. The number of para-hydroxylation sites is 1. The van der Waals surface area contributed by atoms with E-state index in [4.69, 9.17) is 4.74 Å². The Hall–Kier alpha value is -0.375. The van der Waals surface area contributed by atoms with Gasteiger partial charge in [-0.05, 0) is 0 Å². The van der Waals surface area contributed by atoms with Gasteiger partial charge >= 0.3 is 75.2 Å². The van der Waals surface area contributed by atoms with E-state index in [1.54, 1.807) is 12.1 Å². The Morgan fingerprint density at radius 3 is 2.40 bits per heavy atom. The van der Waals surface area contributed by atoms with Crippen LogP contribution in [0.25, 0.3) is 0 Å². The molecule has 0 bridgehead atoms. The van der Waals surface area contributed by atoms with Crippen molar-refractivity contribution >= 4 is 3.48 Å². The van der Waals surface area contributed by atoms with Gasteiger partial charge in [-0.3, -0.25) is 0 Å². The molecule has 47 valence electrons. The molecule has 0 aromatic heterocycles. The van der Waals surface area contributed by atoms with E-state index < -0.39 is 0 Å². The molecule has 0 spiro atoms. The van der Waals surface area contributed by atoms with Gasteiger partial charge in [0, 0.05) is 0 Å². The van der Waals surface area contributed by atoms with Crippen LogP contribution >= 0.6 is 0 Å². The standard InChI is InChI=1S/C7H5O2.Hg/c8-6-9-7-4-2-1-3-5-7;/h1-5H;. The van der Waals surface area contributed by atoms with Crippen LogP contribution in [-0.4, -0.2) is 3.48 Å². The summed E-state index contributed by atoms with van der Waals surface area (Å²) in [5.74, 6) is 0.641. The molecule has 1 aromatic rings. The summed E-state index contributed by atoms with van der Waals surface area (Å²) in [5.41, 5.74) is 0. The Morgan fingerprint density at radius 2 is 1.90 bits per heavy atom. The third-order valence-corrected chi connectivity index (χ3v) is 1.54. The van der Waals surface area contributed by atoms with E-state index in [0.717, 1.165) is 0 Å². The van der Waals surface area contributed by atoms with E-state index in [9.17, 15) is 4.79 Å². The van der Waals surface area contributed by atoms with Gasteiger partial charge in [-0.25, -0.2) is 0 Å². The molecule has 0 saturated heterocycles. The maximum atomic E-state index is 10.5. The molecular weight excluding hydrogens is 317 g/mol. The maximum absolute atomic E-state index is 10.5. The summed E-state index contributed by atoms with van der Waals surface area (Å²) in [4.78, 5) is 10.5. The van der Waals surface area contributed by atoms with Gasteiger partial charge in [0.05, 0.1) is 0 Å². The Kier molecular flexibility index (Phi) is 2.87. The van der Waals surface area contributed by atoms with Crippen molar-refractivity contribution in [2.45, 2.75) is 0 Å². The first kappa shape index (κ1) is 7.73. The summed E-state index contributed by atoms with van der Waals surface area (Å²) in [6.07, 6.45) is 0. The fourth-order valence-corrected chi connectivity index (χ4v) is 1.27. The minimum absolute atomic E-state index is 0.0670. The SMILES string of the molecule is O=[C]([Hg])Oc1ccccc1. The molecular formula is C7H5HgO2. The number of hydrogen-bond donors (Lipinski definition) is 0. The van der Waals surface area contributed by atoms with Gasteiger partial charge in [0.15, 0.2) is 0 Å². The fraction of sp³-hybridized carbons (Fsp3) is 0. The predicted octanol–water partition coefficient (Wildman–Crippen LogP) is 1.73. The number of benzene rings is 1.